The predicted molar refractivity (Wildman–Crippen MR) is 97.9 cm³/mol. The number of aromatic amines is 1. The van der Waals surface area contributed by atoms with Gasteiger partial charge in [0.15, 0.2) is 5.82 Å². The van der Waals surface area contributed by atoms with Crippen molar-refractivity contribution in [2.24, 2.45) is 18.9 Å². The average Bonchev–Trinajstić information content (AvgIpc) is 3.01. The van der Waals surface area contributed by atoms with Crippen LogP contribution in [0.25, 0.3) is 22.3 Å². The predicted octanol–water partition coefficient (Wildman–Crippen LogP) is 1.94. The highest BCUT2D eigenvalue weighted by molar-refractivity contribution is 7.89. The van der Waals surface area contributed by atoms with Gasteiger partial charge in [-0.05, 0) is 42.9 Å². The van der Waals surface area contributed by atoms with Crippen molar-refractivity contribution in [3.63, 3.8) is 0 Å². The molecule has 28 heavy (non-hydrogen) atoms. The van der Waals surface area contributed by atoms with Crippen molar-refractivity contribution < 1.29 is 12.8 Å². The van der Waals surface area contributed by atoms with E-state index in [-0.39, 0.29) is 22.4 Å². The van der Waals surface area contributed by atoms with Gasteiger partial charge in [0, 0.05) is 24.5 Å². The number of hydrogen-bond donors (Lipinski definition) is 1. The van der Waals surface area contributed by atoms with Crippen LogP contribution in [0, 0.1) is 35.9 Å². The van der Waals surface area contributed by atoms with E-state index in [9.17, 15) is 18.1 Å². The van der Waals surface area contributed by atoms with Gasteiger partial charge in [-0.2, -0.15) is 14.7 Å². The van der Waals surface area contributed by atoms with Crippen molar-refractivity contribution >= 4 is 20.9 Å². The molecule has 2 aliphatic rings. The average molecular weight is 400 g/mol. The lowest BCUT2D eigenvalue weighted by atomic mass is 10.0. The van der Waals surface area contributed by atoms with E-state index in [4.69, 9.17) is 0 Å². The lowest BCUT2D eigenvalue weighted by molar-refractivity contribution is 0.394. The number of fused-ring (bicyclic) bond motifs is 2. The van der Waals surface area contributed by atoms with Crippen LogP contribution in [0.3, 0.4) is 0 Å². The van der Waals surface area contributed by atoms with Gasteiger partial charge in [0.1, 0.15) is 23.2 Å². The van der Waals surface area contributed by atoms with Gasteiger partial charge in [0.05, 0.1) is 11.6 Å². The molecule has 0 amide bonds. The van der Waals surface area contributed by atoms with Crippen LogP contribution in [0.1, 0.15) is 12.0 Å². The molecule has 3 heterocycles. The highest BCUT2D eigenvalue weighted by atomic mass is 32.2. The van der Waals surface area contributed by atoms with Gasteiger partial charge in [0.2, 0.25) is 0 Å². The molecule has 0 spiro atoms. The van der Waals surface area contributed by atoms with E-state index in [0.29, 0.717) is 28.9 Å². The van der Waals surface area contributed by atoms with Crippen molar-refractivity contribution in [2.45, 2.75) is 24.4 Å². The second-order valence-corrected chi connectivity index (χ2v) is 9.38. The smallest absolute Gasteiger partial charge is 0.259 e. The molecule has 8 nitrogen and oxygen atoms in total. The Morgan fingerprint density at radius 1 is 1.39 bits per heavy atom. The maximum Gasteiger partial charge on any atom is 0.259 e. The lowest BCUT2D eigenvalue weighted by Gasteiger charge is -2.20. The van der Waals surface area contributed by atoms with E-state index in [1.807, 2.05) is 0 Å². The third-order valence-corrected chi connectivity index (χ3v) is 7.46. The van der Waals surface area contributed by atoms with Crippen LogP contribution in [0.2, 0.25) is 0 Å². The summed E-state index contributed by atoms with van der Waals surface area (Å²) >= 11 is 0. The van der Waals surface area contributed by atoms with Crippen molar-refractivity contribution in [1.29, 1.82) is 5.26 Å². The second kappa shape index (κ2) is 5.62. The third kappa shape index (κ3) is 2.33. The molecular weight excluding hydrogens is 383 g/mol. The highest BCUT2D eigenvalue weighted by Gasteiger charge is 2.56. The molecule has 2 aromatic heterocycles. The molecule has 1 N–H and O–H groups in total. The summed E-state index contributed by atoms with van der Waals surface area (Å²) < 4.78 is 43.7. The quantitative estimate of drug-likeness (QED) is 0.723. The summed E-state index contributed by atoms with van der Waals surface area (Å²) in [6.45, 7) is 2.06. The summed E-state index contributed by atoms with van der Waals surface area (Å²) in [5.74, 6) is 0.201. The van der Waals surface area contributed by atoms with Gasteiger partial charge in [-0.1, -0.05) is 0 Å². The van der Waals surface area contributed by atoms with Gasteiger partial charge in [-0.25, -0.2) is 17.8 Å². The van der Waals surface area contributed by atoms with Crippen molar-refractivity contribution in [1.82, 2.24) is 24.1 Å². The number of aromatic nitrogens is 4. The summed E-state index contributed by atoms with van der Waals surface area (Å²) in [7, 11) is -2.22. The first-order valence-corrected chi connectivity index (χ1v) is 10.3. The topological polar surface area (TPSA) is 108 Å². The Kier molecular flexibility index (Phi) is 3.48. The van der Waals surface area contributed by atoms with Crippen LogP contribution in [0.4, 0.5) is 4.39 Å². The van der Waals surface area contributed by atoms with Crippen LogP contribution >= 0.6 is 0 Å². The van der Waals surface area contributed by atoms with Crippen molar-refractivity contribution in [3.8, 4) is 17.5 Å². The zero-order chi connectivity index (χ0) is 19.8. The zero-order valence-electron chi connectivity index (χ0n) is 15.2. The molecule has 0 bridgehead atoms. The Hall–Kier alpha value is -2.77. The number of nitrogens with one attached hydrogen (secondary N) is 1. The normalized spacial score (nSPS) is 24.4. The molecule has 5 rings (SSSR count). The minimum atomic E-state index is -3.95. The first-order chi connectivity index (χ1) is 13.3. The van der Waals surface area contributed by atoms with Gasteiger partial charge < -0.3 is 4.98 Å². The van der Waals surface area contributed by atoms with E-state index < -0.39 is 21.9 Å². The number of aryl methyl sites for hydroxylation is 2. The number of nitriles is 1. The maximum absolute atomic E-state index is 14.6. The number of rotatable bonds is 3. The fraction of sp³-hybridized carbons (Fsp3) is 0.389. The molecule has 144 valence electrons. The maximum atomic E-state index is 14.6. The van der Waals surface area contributed by atoms with Gasteiger partial charge in [0.25, 0.3) is 10.0 Å². The molecule has 2 fully saturated rings. The van der Waals surface area contributed by atoms with Crippen LogP contribution in [0.15, 0.2) is 23.5 Å². The zero-order valence-corrected chi connectivity index (χ0v) is 16.0. The number of hydrogen-bond acceptors (Lipinski definition) is 5. The largest absolute Gasteiger partial charge is 0.342 e. The fourth-order valence-electron chi connectivity index (χ4n) is 4.21. The SMILES string of the molecule is Cc1cc(F)c2[nH]c(S(=O)(=O)N3CC4CC4C3C#N)cc2c1-c1ncn(C)n1. The summed E-state index contributed by atoms with van der Waals surface area (Å²) in [6.07, 6.45) is 2.42. The molecule has 1 saturated carbocycles. The van der Waals surface area contributed by atoms with E-state index in [1.54, 1.807) is 14.0 Å². The molecule has 0 radical (unpaired) electrons. The van der Waals surface area contributed by atoms with E-state index >= 15 is 0 Å². The first kappa shape index (κ1) is 17.3. The van der Waals surface area contributed by atoms with Gasteiger partial charge in [-0.15, -0.1) is 0 Å². The van der Waals surface area contributed by atoms with Crippen LogP contribution < -0.4 is 0 Å². The highest BCUT2D eigenvalue weighted by Crippen LogP contribution is 2.51. The summed E-state index contributed by atoms with van der Waals surface area (Å²) in [6, 6.07) is 4.21. The standard InChI is InChI=1S/C18H17FN6O2S/c1-9-3-13(19)17-12(16(9)18-21-8-24(2)23-18)5-15(22-17)28(26,27)25-7-10-4-11(10)14(25)6-20/h3,5,8,10-11,14,22H,4,7H2,1-2H3. The minimum Gasteiger partial charge on any atom is -0.342 e. The lowest BCUT2D eigenvalue weighted by Crippen LogP contribution is -2.37. The molecule has 1 aromatic carbocycles. The Bertz CT molecular complexity index is 1270. The molecule has 1 aliphatic heterocycles. The summed E-state index contributed by atoms with van der Waals surface area (Å²) in [4.78, 5) is 6.95. The molecule has 3 atom stereocenters. The van der Waals surface area contributed by atoms with Crippen molar-refractivity contribution in [3.05, 3.63) is 29.8 Å². The van der Waals surface area contributed by atoms with Crippen LogP contribution in [0.5, 0.6) is 0 Å². The monoisotopic (exact) mass is 400 g/mol. The molecule has 3 aromatic rings. The Labute approximate surface area is 160 Å². The number of benzene rings is 1. The van der Waals surface area contributed by atoms with Crippen LogP contribution in [-0.2, 0) is 17.1 Å². The van der Waals surface area contributed by atoms with E-state index in [0.717, 1.165) is 6.42 Å². The van der Waals surface area contributed by atoms with E-state index in [2.05, 4.69) is 21.1 Å². The number of H-pyrrole nitrogens is 1. The third-order valence-electron chi connectivity index (χ3n) is 5.69. The Morgan fingerprint density at radius 2 is 2.18 bits per heavy atom. The Balaban J connectivity index is 1.68. The molecule has 10 heteroatoms. The number of nitrogens with zero attached hydrogens (tertiary/aromatic N) is 5. The number of sulfonamides is 1. The Morgan fingerprint density at radius 3 is 2.86 bits per heavy atom. The molecule has 1 saturated heterocycles. The number of piperidine rings is 1. The molecule has 3 unspecified atom stereocenters. The van der Waals surface area contributed by atoms with E-state index in [1.165, 1.54) is 27.4 Å². The summed E-state index contributed by atoms with van der Waals surface area (Å²) in [5, 5.41) is 14.0. The van der Waals surface area contributed by atoms with Crippen molar-refractivity contribution in [2.75, 3.05) is 6.54 Å². The summed E-state index contributed by atoms with van der Waals surface area (Å²) in [5.41, 5.74) is 1.27. The second-order valence-electron chi connectivity index (χ2n) is 7.52. The van der Waals surface area contributed by atoms with Crippen LogP contribution in [-0.4, -0.2) is 45.1 Å². The molecule has 1 aliphatic carbocycles. The van der Waals surface area contributed by atoms with Gasteiger partial charge in [-0.3, -0.25) is 4.68 Å². The number of halogens is 1. The first-order valence-electron chi connectivity index (χ1n) is 8.90. The van der Waals surface area contributed by atoms with Gasteiger partial charge >= 0.3 is 0 Å². The molecular formula is C18H17FN6O2S. The minimum absolute atomic E-state index is 0.0875. The fourth-order valence-corrected chi connectivity index (χ4v) is 5.85.